The van der Waals surface area contributed by atoms with Gasteiger partial charge in [0, 0.05) is 50.0 Å². The van der Waals surface area contributed by atoms with Crippen LogP contribution in [0.25, 0.3) is 0 Å². The number of aromatic nitrogens is 3. The summed E-state index contributed by atoms with van der Waals surface area (Å²) >= 11 is 1.69. The molecule has 0 aliphatic carbocycles. The van der Waals surface area contributed by atoms with Crippen molar-refractivity contribution in [3.8, 4) is 0 Å². The molecular formula is C16H23N5OS. The van der Waals surface area contributed by atoms with E-state index >= 15 is 0 Å². The first-order valence-corrected chi connectivity index (χ1v) is 9.00. The van der Waals surface area contributed by atoms with Gasteiger partial charge in [0.25, 0.3) is 5.56 Å². The van der Waals surface area contributed by atoms with Crippen LogP contribution >= 0.6 is 11.3 Å². The summed E-state index contributed by atoms with van der Waals surface area (Å²) in [5.74, 6) is 0.586. The molecule has 3 rings (SSSR count). The third-order valence-electron chi connectivity index (χ3n) is 4.27. The molecule has 0 spiro atoms. The third-order valence-corrected chi connectivity index (χ3v) is 5.09. The lowest BCUT2D eigenvalue weighted by atomic mass is 10.1. The van der Waals surface area contributed by atoms with Crippen LogP contribution in [0.1, 0.15) is 30.5 Å². The summed E-state index contributed by atoms with van der Waals surface area (Å²) in [7, 11) is 0. The Morgan fingerprint density at radius 3 is 2.83 bits per heavy atom. The van der Waals surface area contributed by atoms with E-state index in [1.165, 1.54) is 0 Å². The highest BCUT2D eigenvalue weighted by Crippen LogP contribution is 2.15. The van der Waals surface area contributed by atoms with Crippen LogP contribution < -0.4 is 15.8 Å². The monoisotopic (exact) mass is 333 g/mol. The van der Waals surface area contributed by atoms with Crippen molar-refractivity contribution in [1.29, 1.82) is 0 Å². The lowest BCUT2D eigenvalue weighted by molar-refractivity contribution is 0.410. The van der Waals surface area contributed by atoms with Gasteiger partial charge in [0.05, 0.1) is 10.7 Å². The van der Waals surface area contributed by atoms with E-state index in [1.807, 2.05) is 13.8 Å². The largest absolute Gasteiger partial charge is 0.352 e. The third kappa shape index (κ3) is 3.79. The Morgan fingerprint density at radius 2 is 2.17 bits per heavy atom. The zero-order chi connectivity index (χ0) is 16.2. The van der Waals surface area contributed by atoms with Gasteiger partial charge >= 0.3 is 0 Å². The maximum Gasteiger partial charge on any atom is 0.293 e. The maximum absolute atomic E-state index is 12.3. The Bertz CT molecular complexity index is 702. The molecule has 0 amide bonds. The number of hydrogen-bond acceptors (Lipinski definition) is 6. The van der Waals surface area contributed by atoms with Gasteiger partial charge in [-0.25, -0.2) is 9.97 Å². The molecule has 0 radical (unpaired) electrons. The zero-order valence-corrected chi connectivity index (χ0v) is 14.5. The van der Waals surface area contributed by atoms with Crippen LogP contribution in [0.2, 0.25) is 0 Å². The lowest BCUT2D eigenvalue weighted by Crippen LogP contribution is -2.44. The summed E-state index contributed by atoms with van der Waals surface area (Å²) in [4.78, 5) is 23.2. The summed E-state index contributed by atoms with van der Waals surface area (Å²) in [6, 6.07) is 0.477. The molecule has 0 atom stereocenters. The summed E-state index contributed by atoms with van der Waals surface area (Å²) in [6.45, 7) is 7.23. The van der Waals surface area contributed by atoms with Crippen molar-refractivity contribution in [3.05, 3.63) is 38.8 Å². The van der Waals surface area contributed by atoms with E-state index in [1.54, 1.807) is 28.3 Å². The van der Waals surface area contributed by atoms with E-state index in [-0.39, 0.29) is 5.56 Å². The molecule has 2 aromatic heterocycles. The van der Waals surface area contributed by atoms with E-state index in [0.717, 1.165) is 43.2 Å². The maximum atomic E-state index is 12.3. The molecule has 0 saturated carbocycles. The highest BCUT2D eigenvalue weighted by Gasteiger charge is 2.22. The predicted molar refractivity (Wildman–Crippen MR) is 93.1 cm³/mol. The number of piperidine rings is 1. The molecule has 0 unspecified atom stereocenters. The summed E-state index contributed by atoms with van der Waals surface area (Å²) < 4.78 is 1.71. The molecule has 23 heavy (non-hydrogen) atoms. The highest BCUT2D eigenvalue weighted by atomic mass is 32.1. The fourth-order valence-corrected chi connectivity index (χ4v) is 3.55. The first kappa shape index (κ1) is 16.1. The molecule has 1 aliphatic heterocycles. The van der Waals surface area contributed by atoms with Crippen molar-refractivity contribution in [2.24, 2.45) is 0 Å². The van der Waals surface area contributed by atoms with Gasteiger partial charge in [0.1, 0.15) is 0 Å². The number of nitrogens with one attached hydrogen (secondary N) is 1. The number of thiazole rings is 1. The van der Waals surface area contributed by atoms with Crippen LogP contribution in [0.4, 0.5) is 5.82 Å². The fraction of sp³-hybridized carbons (Fsp3) is 0.562. The summed E-state index contributed by atoms with van der Waals surface area (Å²) in [5, 5.41) is 6.79. The minimum absolute atomic E-state index is 0.0133. The second-order valence-electron chi connectivity index (χ2n) is 5.84. The van der Waals surface area contributed by atoms with Crippen LogP contribution in [-0.2, 0) is 13.1 Å². The molecule has 1 aliphatic rings. The Hall–Kier alpha value is -1.73. The average molecular weight is 333 g/mol. The highest BCUT2D eigenvalue weighted by molar-refractivity contribution is 7.09. The minimum atomic E-state index is 0.0133. The van der Waals surface area contributed by atoms with Gasteiger partial charge in [-0.1, -0.05) is 0 Å². The van der Waals surface area contributed by atoms with Crippen molar-refractivity contribution in [3.63, 3.8) is 0 Å². The molecule has 1 N–H and O–H groups in total. The van der Waals surface area contributed by atoms with Crippen molar-refractivity contribution in [2.75, 3.05) is 18.0 Å². The minimum Gasteiger partial charge on any atom is -0.352 e. The Balaban J connectivity index is 1.55. The Morgan fingerprint density at radius 1 is 1.39 bits per heavy atom. The molecule has 7 heteroatoms. The molecule has 3 heterocycles. The van der Waals surface area contributed by atoms with Gasteiger partial charge in [-0.15, -0.1) is 11.3 Å². The molecule has 1 saturated heterocycles. The van der Waals surface area contributed by atoms with Gasteiger partial charge in [0.15, 0.2) is 5.82 Å². The number of anilines is 1. The van der Waals surface area contributed by atoms with Gasteiger partial charge in [0.2, 0.25) is 0 Å². The quantitative estimate of drug-likeness (QED) is 0.904. The van der Waals surface area contributed by atoms with Gasteiger partial charge < -0.3 is 14.8 Å². The van der Waals surface area contributed by atoms with Gasteiger partial charge in [-0.05, 0) is 26.7 Å². The number of aryl methyl sites for hydroxylation is 2. The van der Waals surface area contributed by atoms with Crippen molar-refractivity contribution < 1.29 is 0 Å². The van der Waals surface area contributed by atoms with E-state index < -0.39 is 0 Å². The Labute approximate surface area is 140 Å². The van der Waals surface area contributed by atoms with Gasteiger partial charge in [-0.2, -0.15) is 0 Å². The second-order valence-corrected chi connectivity index (χ2v) is 6.90. The smallest absolute Gasteiger partial charge is 0.293 e. The number of rotatable bonds is 5. The molecule has 0 bridgehead atoms. The zero-order valence-electron chi connectivity index (χ0n) is 13.7. The van der Waals surface area contributed by atoms with E-state index in [0.29, 0.717) is 18.4 Å². The van der Waals surface area contributed by atoms with E-state index in [4.69, 9.17) is 0 Å². The summed E-state index contributed by atoms with van der Waals surface area (Å²) in [5.41, 5.74) is 1.13. The van der Waals surface area contributed by atoms with Crippen LogP contribution in [0.15, 0.2) is 22.6 Å². The predicted octanol–water partition coefficient (Wildman–Crippen LogP) is 1.79. The SMILES string of the molecule is CCn1ccnc(N2CCC(NCc3csc(C)n3)CC2)c1=O. The molecular weight excluding hydrogens is 310 g/mol. The van der Waals surface area contributed by atoms with E-state index in [2.05, 4.69) is 25.6 Å². The van der Waals surface area contributed by atoms with Crippen LogP contribution in [0, 0.1) is 6.92 Å². The number of nitrogens with zero attached hydrogens (tertiary/aromatic N) is 4. The molecule has 6 nitrogen and oxygen atoms in total. The fourth-order valence-electron chi connectivity index (χ4n) is 2.94. The molecule has 0 aromatic carbocycles. The number of hydrogen-bond donors (Lipinski definition) is 1. The van der Waals surface area contributed by atoms with E-state index in [9.17, 15) is 4.79 Å². The van der Waals surface area contributed by atoms with Crippen LogP contribution in [0.5, 0.6) is 0 Å². The average Bonchev–Trinajstić information content (AvgIpc) is 2.99. The van der Waals surface area contributed by atoms with Crippen molar-refractivity contribution in [1.82, 2.24) is 19.9 Å². The topological polar surface area (TPSA) is 63.1 Å². The standard InChI is InChI=1S/C16H23N5OS/c1-3-20-9-6-17-15(16(20)22)21-7-4-13(5-8-21)18-10-14-11-23-12(2)19-14/h6,9,11,13,18H,3-5,7-8,10H2,1-2H3. The molecule has 124 valence electrons. The van der Waals surface area contributed by atoms with Crippen LogP contribution in [0.3, 0.4) is 0 Å². The molecule has 2 aromatic rings. The normalized spacial score (nSPS) is 16.0. The lowest BCUT2D eigenvalue weighted by Gasteiger charge is -2.32. The van der Waals surface area contributed by atoms with Gasteiger partial charge in [-0.3, -0.25) is 4.79 Å². The first-order valence-electron chi connectivity index (χ1n) is 8.12. The molecule has 1 fully saturated rings. The van der Waals surface area contributed by atoms with Crippen molar-refractivity contribution >= 4 is 17.2 Å². The van der Waals surface area contributed by atoms with Crippen molar-refractivity contribution in [2.45, 2.75) is 45.8 Å². The summed E-state index contributed by atoms with van der Waals surface area (Å²) in [6.07, 6.45) is 5.50. The van der Waals surface area contributed by atoms with Crippen LogP contribution in [-0.4, -0.2) is 33.7 Å². The second kappa shape index (κ2) is 7.23. The first-order chi connectivity index (χ1) is 11.2. The Kier molecular flexibility index (Phi) is 5.07.